The third-order valence-electron chi connectivity index (χ3n) is 1.73. The van der Waals surface area contributed by atoms with Gasteiger partial charge in [0.15, 0.2) is 0 Å². The second-order valence-corrected chi connectivity index (χ2v) is 3.20. The highest BCUT2D eigenvalue weighted by molar-refractivity contribution is 5.92. The fraction of sp³-hybridized carbons (Fsp3) is 0.182. The van der Waals surface area contributed by atoms with Gasteiger partial charge < -0.3 is 5.73 Å². The predicted molar refractivity (Wildman–Crippen MR) is 52.3 cm³/mol. The van der Waals surface area contributed by atoms with Crippen LogP contribution < -0.4 is 5.73 Å². The summed E-state index contributed by atoms with van der Waals surface area (Å²) >= 11 is 0. The molecule has 0 aliphatic carbocycles. The molecule has 0 heterocycles. The first-order valence-electron chi connectivity index (χ1n) is 4.29. The second kappa shape index (κ2) is 4.27. The molecule has 1 aromatic carbocycles. The Morgan fingerprint density at radius 1 is 1.31 bits per heavy atom. The van der Waals surface area contributed by atoms with Crippen LogP contribution >= 0.6 is 0 Å². The van der Waals surface area contributed by atoms with Gasteiger partial charge in [0.25, 0.3) is 5.91 Å². The van der Waals surface area contributed by atoms with E-state index < -0.39 is 17.6 Å². The van der Waals surface area contributed by atoms with Crippen molar-refractivity contribution in [2.24, 2.45) is 5.73 Å². The molecular formula is C11H8F3NO. The molecule has 0 aliphatic rings. The molecule has 0 bridgehead atoms. The SMILES string of the molecule is Cc1cc(C#CC(N)=O)cc(C(F)(F)F)c1. The molecule has 1 rings (SSSR count). The zero-order chi connectivity index (χ0) is 12.3. The van der Waals surface area contributed by atoms with Crippen LogP contribution in [0.5, 0.6) is 0 Å². The summed E-state index contributed by atoms with van der Waals surface area (Å²) in [5.74, 6) is 3.38. The molecule has 16 heavy (non-hydrogen) atoms. The summed E-state index contributed by atoms with van der Waals surface area (Å²) in [4.78, 5) is 10.4. The number of nitrogens with two attached hydrogens (primary N) is 1. The van der Waals surface area contributed by atoms with Crippen molar-refractivity contribution >= 4 is 5.91 Å². The summed E-state index contributed by atoms with van der Waals surface area (Å²) in [6.07, 6.45) is -4.42. The maximum Gasteiger partial charge on any atom is 0.416 e. The van der Waals surface area contributed by atoms with E-state index in [1.54, 1.807) is 0 Å². The number of carbonyl (C=O) groups excluding carboxylic acids is 1. The monoisotopic (exact) mass is 227 g/mol. The van der Waals surface area contributed by atoms with E-state index in [-0.39, 0.29) is 5.56 Å². The minimum Gasteiger partial charge on any atom is -0.359 e. The highest BCUT2D eigenvalue weighted by atomic mass is 19.4. The van der Waals surface area contributed by atoms with E-state index in [1.807, 2.05) is 5.92 Å². The fourth-order valence-corrected chi connectivity index (χ4v) is 1.15. The van der Waals surface area contributed by atoms with Crippen molar-refractivity contribution in [3.63, 3.8) is 0 Å². The first-order valence-corrected chi connectivity index (χ1v) is 4.29. The minimum absolute atomic E-state index is 0.117. The summed E-state index contributed by atoms with van der Waals surface area (Å²) in [7, 11) is 0. The van der Waals surface area contributed by atoms with Crippen LogP contribution in [0, 0.1) is 18.8 Å². The van der Waals surface area contributed by atoms with E-state index in [0.29, 0.717) is 5.56 Å². The lowest BCUT2D eigenvalue weighted by Crippen LogP contribution is -2.07. The Labute approximate surface area is 90.3 Å². The van der Waals surface area contributed by atoms with Gasteiger partial charge in [-0.2, -0.15) is 13.2 Å². The van der Waals surface area contributed by atoms with Crippen molar-refractivity contribution in [2.75, 3.05) is 0 Å². The second-order valence-electron chi connectivity index (χ2n) is 3.20. The van der Waals surface area contributed by atoms with Crippen LogP contribution in [0.1, 0.15) is 16.7 Å². The zero-order valence-electron chi connectivity index (χ0n) is 8.35. The highest BCUT2D eigenvalue weighted by Gasteiger charge is 2.30. The van der Waals surface area contributed by atoms with Crippen LogP contribution in [0.25, 0.3) is 0 Å². The molecule has 0 radical (unpaired) electrons. The molecule has 0 aromatic heterocycles. The van der Waals surface area contributed by atoms with Gasteiger partial charge in [-0.1, -0.05) is 5.92 Å². The fourth-order valence-electron chi connectivity index (χ4n) is 1.15. The number of hydrogen-bond acceptors (Lipinski definition) is 1. The molecule has 0 spiro atoms. The zero-order valence-corrected chi connectivity index (χ0v) is 8.35. The number of primary amides is 1. The van der Waals surface area contributed by atoms with Gasteiger partial charge in [0, 0.05) is 5.56 Å². The van der Waals surface area contributed by atoms with Crippen LogP contribution in [0.3, 0.4) is 0 Å². The third kappa shape index (κ3) is 3.31. The van der Waals surface area contributed by atoms with Gasteiger partial charge in [-0.05, 0) is 36.6 Å². The average Bonchev–Trinajstić information content (AvgIpc) is 2.12. The van der Waals surface area contributed by atoms with E-state index in [0.717, 1.165) is 12.1 Å². The molecule has 1 amide bonds. The highest BCUT2D eigenvalue weighted by Crippen LogP contribution is 2.30. The molecule has 0 saturated heterocycles. The van der Waals surface area contributed by atoms with Crippen LogP contribution in [-0.4, -0.2) is 5.91 Å². The van der Waals surface area contributed by atoms with Gasteiger partial charge in [-0.15, -0.1) is 0 Å². The summed E-state index contributed by atoms with van der Waals surface area (Å²) < 4.78 is 37.2. The van der Waals surface area contributed by atoms with E-state index in [2.05, 4.69) is 5.92 Å². The van der Waals surface area contributed by atoms with E-state index >= 15 is 0 Å². The van der Waals surface area contributed by atoms with Gasteiger partial charge in [0.1, 0.15) is 0 Å². The number of halogens is 3. The number of amides is 1. The maximum atomic E-state index is 12.4. The lowest BCUT2D eigenvalue weighted by molar-refractivity contribution is -0.137. The summed E-state index contributed by atoms with van der Waals surface area (Å²) in [5.41, 5.74) is 4.51. The van der Waals surface area contributed by atoms with Crippen molar-refractivity contribution in [1.29, 1.82) is 0 Å². The lowest BCUT2D eigenvalue weighted by Gasteiger charge is -2.07. The van der Waals surface area contributed by atoms with Gasteiger partial charge in [0.05, 0.1) is 5.56 Å². The van der Waals surface area contributed by atoms with Crippen molar-refractivity contribution in [3.8, 4) is 11.8 Å². The number of hydrogen-bond donors (Lipinski definition) is 1. The van der Waals surface area contributed by atoms with Crippen LogP contribution in [-0.2, 0) is 11.0 Å². The van der Waals surface area contributed by atoms with Gasteiger partial charge in [0.2, 0.25) is 0 Å². The first-order chi connectivity index (χ1) is 7.29. The van der Waals surface area contributed by atoms with Crippen LogP contribution in [0.4, 0.5) is 13.2 Å². The van der Waals surface area contributed by atoms with Crippen molar-refractivity contribution in [1.82, 2.24) is 0 Å². The van der Waals surface area contributed by atoms with Crippen molar-refractivity contribution in [3.05, 3.63) is 34.9 Å². The van der Waals surface area contributed by atoms with E-state index in [1.165, 1.54) is 13.0 Å². The van der Waals surface area contributed by atoms with Crippen LogP contribution in [0.15, 0.2) is 18.2 Å². The van der Waals surface area contributed by atoms with Gasteiger partial charge in [-0.3, -0.25) is 4.79 Å². The molecule has 2 nitrogen and oxygen atoms in total. The van der Waals surface area contributed by atoms with Crippen LogP contribution in [0.2, 0.25) is 0 Å². The summed E-state index contributed by atoms with van der Waals surface area (Å²) in [5, 5.41) is 0. The average molecular weight is 227 g/mol. The number of carbonyl (C=O) groups is 1. The Balaban J connectivity index is 3.20. The summed E-state index contributed by atoms with van der Waals surface area (Å²) in [6.45, 7) is 1.52. The normalized spacial score (nSPS) is 10.5. The molecule has 1 aromatic rings. The topological polar surface area (TPSA) is 43.1 Å². The Kier molecular flexibility index (Phi) is 3.23. The minimum atomic E-state index is -4.42. The van der Waals surface area contributed by atoms with E-state index in [9.17, 15) is 18.0 Å². The van der Waals surface area contributed by atoms with Crippen molar-refractivity contribution in [2.45, 2.75) is 13.1 Å². The van der Waals surface area contributed by atoms with Gasteiger partial charge >= 0.3 is 6.18 Å². The lowest BCUT2D eigenvalue weighted by atomic mass is 10.1. The smallest absolute Gasteiger partial charge is 0.359 e. The number of aryl methyl sites for hydroxylation is 1. The molecule has 0 saturated carbocycles. The molecule has 0 unspecified atom stereocenters. The molecule has 0 aliphatic heterocycles. The Morgan fingerprint density at radius 2 is 1.94 bits per heavy atom. The summed E-state index contributed by atoms with van der Waals surface area (Å²) in [6, 6.07) is 3.34. The Hall–Kier alpha value is -1.96. The maximum absolute atomic E-state index is 12.4. The van der Waals surface area contributed by atoms with Gasteiger partial charge in [-0.25, -0.2) is 0 Å². The Morgan fingerprint density at radius 3 is 2.44 bits per heavy atom. The molecule has 5 heteroatoms. The Bertz CT molecular complexity index is 480. The van der Waals surface area contributed by atoms with E-state index in [4.69, 9.17) is 5.73 Å². The molecule has 0 atom stereocenters. The predicted octanol–water partition coefficient (Wildman–Crippen LogP) is 1.85. The largest absolute Gasteiger partial charge is 0.416 e. The van der Waals surface area contributed by atoms with Crippen molar-refractivity contribution < 1.29 is 18.0 Å². The number of alkyl halides is 3. The quantitative estimate of drug-likeness (QED) is 0.675. The number of rotatable bonds is 0. The molecule has 0 fully saturated rings. The third-order valence-corrected chi connectivity index (χ3v) is 1.73. The molecular weight excluding hydrogens is 219 g/mol. The number of benzene rings is 1. The first kappa shape index (κ1) is 12.1. The molecule has 84 valence electrons. The standard InChI is InChI=1S/C11H8F3NO/c1-7-4-8(2-3-10(15)16)6-9(5-7)11(12,13)14/h4-6H,1H3,(H2,15,16). The molecule has 2 N–H and O–H groups in total.